The number of rotatable bonds is 2. The Morgan fingerprint density at radius 2 is 2.12 bits per heavy atom. The summed E-state index contributed by atoms with van der Waals surface area (Å²) in [4.78, 5) is 14.4. The Morgan fingerprint density at radius 1 is 1.50 bits per heavy atom. The molecular formula is C10H10F3NO2. The van der Waals surface area contributed by atoms with Crippen molar-refractivity contribution in [3.05, 3.63) is 29.6 Å². The van der Waals surface area contributed by atoms with Gasteiger partial charge >= 0.3 is 12.1 Å². The zero-order valence-corrected chi connectivity index (χ0v) is 8.71. The van der Waals surface area contributed by atoms with Crippen molar-refractivity contribution in [2.24, 2.45) is 0 Å². The minimum absolute atomic E-state index is 0.0741. The second kappa shape index (κ2) is 4.51. The molecule has 0 aliphatic heterocycles. The maximum absolute atomic E-state index is 12.4. The van der Waals surface area contributed by atoms with E-state index in [1.54, 1.807) is 0 Å². The summed E-state index contributed by atoms with van der Waals surface area (Å²) >= 11 is 0. The molecule has 0 fully saturated rings. The lowest BCUT2D eigenvalue weighted by molar-refractivity contribution is -0.146. The van der Waals surface area contributed by atoms with Crippen LogP contribution in [0.4, 0.5) is 13.2 Å². The molecule has 0 amide bonds. The monoisotopic (exact) mass is 233 g/mol. The molecule has 1 aromatic heterocycles. The number of halogens is 3. The molecule has 0 spiro atoms. The molecule has 0 aromatic carbocycles. The minimum atomic E-state index is -4.42. The van der Waals surface area contributed by atoms with Crippen molar-refractivity contribution in [1.82, 2.24) is 4.98 Å². The first-order chi connectivity index (χ1) is 7.30. The fraction of sp³-hybridized carbons (Fsp3) is 0.400. The van der Waals surface area contributed by atoms with Crippen molar-refractivity contribution in [3.8, 4) is 0 Å². The van der Waals surface area contributed by atoms with Crippen molar-refractivity contribution >= 4 is 5.97 Å². The highest BCUT2D eigenvalue weighted by Crippen LogP contribution is 2.30. The van der Waals surface area contributed by atoms with Gasteiger partial charge < -0.3 is 4.74 Å². The first kappa shape index (κ1) is 12.5. The van der Waals surface area contributed by atoms with E-state index in [1.165, 1.54) is 13.8 Å². The van der Waals surface area contributed by atoms with Crippen molar-refractivity contribution < 1.29 is 22.7 Å². The summed E-state index contributed by atoms with van der Waals surface area (Å²) in [6.45, 7) is 2.65. The first-order valence-corrected chi connectivity index (χ1v) is 4.51. The fourth-order valence-electron chi connectivity index (χ4n) is 1.16. The third kappa shape index (κ3) is 3.22. The number of nitrogens with zero attached hydrogens (tertiary/aromatic N) is 1. The Balaban J connectivity index is 2.94. The van der Waals surface area contributed by atoms with Gasteiger partial charge in [-0.25, -0.2) is 0 Å². The van der Waals surface area contributed by atoms with E-state index < -0.39 is 23.8 Å². The normalized spacial score (nSPS) is 13.3. The summed E-state index contributed by atoms with van der Waals surface area (Å²) in [5, 5.41) is 0. The third-order valence-corrected chi connectivity index (χ3v) is 1.87. The van der Waals surface area contributed by atoms with Gasteiger partial charge in [-0.05, 0) is 19.1 Å². The number of pyridine rings is 1. The van der Waals surface area contributed by atoms with Gasteiger partial charge in [-0.3, -0.25) is 9.78 Å². The highest BCUT2D eigenvalue weighted by Gasteiger charge is 2.31. The Hall–Kier alpha value is -1.59. The summed E-state index contributed by atoms with van der Waals surface area (Å²) in [5.41, 5.74) is -0.735. The molecule has 1 atom stereocenters. The lowest BCUT2D eigenvalue weighted by Gasteiger charge is -2.13. The first-order valence-electron chi connectivity index (χ1n) is 4.51. The smallest absolute Gasteiger partial charge is 0.416 e. The van der Waals surface area contributed by atoms with Gasteiger partial charge in [0, 0.05) is 13.1 Å². The van der Waals surface area contributed by atoms with Crippen LogP contribution in [-0.4, -0.2) is 11.0 Å². The van der Waals surface area contributed by atoms with E-state index in [1.807, 2.05) is 0 Å². The van der Waals surface area contributed by atoms with Crippen LogP contribution in [0.1, 0.15) is 31.2 Å². The number of hydrogen-bond acceptors (Lipinski definition) is 3. The van der Waals surface area contributed by atoms with E-state index >= 15 is 0 Å². The van der Waals surface area contributed by atoms with Crippen molar-refractivity contribution in [2.45, 2.75) is 26.1 Å². The van der Waals surface area contributed by atoms with Crippen molar-refractivity contribution in [3.63, 3.8) is 0 Å². The van der Waals surface area contributed by atoms with E-state index in [0.717, 1.165) is 18.3 Å². The molecule has 0 bridgehead atoms. The Kier molecular flexibility index (Phi) is 3.51. The van der Waals surface area contributed by atoms with Crippen LogP contribution < -0.4 is 0 Å². The van der Waals surface area contributed by atoms with Crippen LogP contribution in [0.2, 0.25) is 0 Å². The molecule has 16 heavy (non-hydrogen) atoms. The van der Waals surface area contributed by atoms with Crippen LogP contribution in [0, 0.1) is 0 Å². The van der Waals surface area contributed by atoms with Gasteiger partial charge in [0.05, 0.1) is 11.3 Å². The molecule has 0 radical (unpaired) electrons. The lowest BCUT2D eigenvalue weighted by atomic mass is 10.2. The van der Waals surface area contributed by atoms with Crippen LogP contribution in [-0.2, 0) is 15.7 Å². The average Bonchev–Trinajstić information content (AvgIpc) is 2.15. The molecule has 88 valence electrons. The third-order valence-electron chi connectivity index (χ3n) is 1.87. The summed E-state index contributed by atoms with van der Waals surface area (Å²) < 4.78 is 41.8. The van der Waals surface area contributed by atoms with Crippen molar-refractivity contribution in [1.29, 1.82) is 0 Å². The zero-order valence-electron chi connectivity index (χ0n) is 8.71. The average molecular weight is 233 g/mol. The maximum Gasteiger partial charge on any atom is 0.416 e. The Morgan fingerprint density at radius 3 is 2.62 bits per heavy atom. The van der Waals surface area contributed by atoms with Gasteiger partial charge in [-0.15, -0.1) is 0 Å². The Bertz CT molecular complexity index is 390. The minimum Gasteiger partial charge on any atom is -0.456 e. The highest BCUT2D eigenvalue weighted by atomic mass is 19.4. The molecule has 1 heterocycles. The summed E-state index contributed by atoms with van der Waals surface area (Å²) in [6.07, 6.45) is -4.18. The zero-order chi connectivity index (χ0) is 12.3. The second-order valence-electron chi connectivity index (χ2n) is 3.22. The summed E-state index contributed by atoms with van der Waals surface area (Å²) in [5.74, 6) is -0.563. The molecule has 0 N–H and O–H groups in total. The van der Waals surface area contributed by atoms with Crippen LogP contribution >= 0.6 is 0 Å². The van der Waals surface area contributed by atoms with Gasteiger partial charge in [0.15, 0.2) is 0 Å². The SMILES string of the molecule is CC(=O)OC(C)c1cc(C(F)(F)F)ccn1. The number of ether oxygens (including phenoxy) is 1. The lowest BCUT2D eigenvalue weighted by Crippen LogP contribution is -2.10. The molecule has 0 saturated carbocycles. The van der Waals surface area contributed by atoms with E-state index in [4.69, 9.17) is 4.74 Å². The molecule has 0 aliphatic carbocycles. The van der Waals surface area contributed by atoms with Gasteiger partial charge in [-0.1, -0.05) is 0 Å². The molecule has 1 unspecified atom stereocenters. The number of hydrogen-bond donors (Lipinski definition) is 0. The largest absolute Gasteiger partial charge is 0.456 e. The molecule has 0 aliphatic rings. The summed E-state index contributed by atoms with van der Waals surface area (Å²) in [7, 11) is 0. The number of carbonyl (C=O) groups is 1. The fourth-order valence-corrected chi connectivity index (χ4v) is 1.16. The van der Waals surface area contributed by atoms with E-state index in [0.29, 0.717) is 0 Å². The van der Waals surface area contributed by atoms with Crippen LogP contribution in [0.15, 0.2) is 18.3 Å². The predicted octanol–water partition coefficient (Wildman–Crippen LogP) is 2.72. The van der Waals surface area contributed by atoms with Crippen LogP contribution in [0.25, 0.3) is 0 Å². The highest BCUT2D eigenvalue weighted by molar-refractivity contribution is 5.66. The van der Waals surface area contributed by atoms with Gasteiger partial charge in [0.2, 0.25) is 0 Å². The number of alkyl halides is 3. The van der Waals surface area contributed by atoms with Crippen molar-refractivity contribution in [2.75, 3.05) is 0 Å². The molecule has 1 aromatic rings. The molecule has 3 nitrogen and oxygen atoms in total. The van der Waals surface area contributed by atoms with Gasteiger partial charge in [-0.2, -0.15) is 13.2 Å². The molecule has 1 rings (SSSR count). The number of carbonyl (C=O) groups excluding carboxylic acids is 1. The maximum atomic E-state index is 12.4. The quantitative estimate of drug-likeness (QED) is 0.737. The van der Waals surface area contributed by atoms with E-state index in [9.17, 15) is 18.0 Å². The molecule has 6 heteroatoms. The Labute approximate surface area is 90.2 Å². The molecular weight excluding hydrogens is 223 g/mol. The predicted molar refractivity (Wildman–Crippen MR) is 49.4 cm³/mol. The van der Waals surface area contributed by atoms with Crippen LogP contribution in [0.3, 0.4) is 0 Å². The van der Waals surface area contributed by atoms with Gasteiger partial charge in [0.1, 0.15) is 6.10 Å². The summed E-state index contributed by atoms with van der Waals surface area (Å²) in [6, 6.07) is 1.73. The molecule has 0 saturated heterocycles. The van der Waals surface area contributed by atoms with Gasteiger partial charge in [0.25, 0.3) is 0 Å². The van der Waals surface area contributed by atoms with E-state index in [2.05, 4.69) is 4.98 Å². The number of aromatic nitrogens is 1. The van der Waals surface area contributed by atoms with E-state index in [-0.39, 0.29) is 5.69 Å². The standard InChI is InChI=1S/C10H10F3NO2/c1-6(16-7(2)15)9-5-8(3-4-14-9)10(11,12)13/h3-6H,1-2H3. The number of esters is 1. The topological polar surface area (TPSA) is 39.2 Å². The second-order valence-corrected chi connectivity index (χ2v) is 3.22. The van der Waals surface area contributed by atoms with Crippen LogP contribution in [0.5, 0.6) is 0 Å².